The second-order valence-corrected chi connectivity index (χ2v) is 9.93. The van der Waals surface area contributed by atoms with Crippen LogP contribution >= 0.6 is 11.6 Å². The number of aliphatic hydroxyl groups is 1. The van der Waals surface area contributed by atoms with Crippen LogP contribution < -0.4 is 9.64 Å². The Morgan fingerprint density at radius 3 is 2.83 bits per heavy atom. The van der Waals surface area contributed by atoms with Crippen LogP contribution in [-0.4, -0.2) is 42.2 Å². The van der Waals surface area contributed by atoms with Gasteiger partial charge in [-0.15, -0.1) is 0 Å². The van der Waals surface area contributed by atoms with Crippen molar-refractivity contribution >= 4 is 17.3 Å². The van der Waals surface area contributed by atoms with Crippen LogP contribution in [0.3, 0.4) is 0 Å². The summed E-state index contributed by atoms with van der Waals surface area (Å²) < 4.78 is 18.1. The molecular weight excluding hydrogens is 476 g/mol. The minimum atomic E-state index is -0.703. The number of hydrogen-bond acceptors (Lipinski definition) is 6. The van der Waals surface area contributed by atoms with Crippen molar-refractivity contribution in [2.24, 2.45) is 0 Å². The molecule has 3 atom stereocenters. The molecule has 0 spiro atoms. The van der Waals surface area contributed by atoms with Crippen LogP contribution in [0.4, 0.5) is 5.69 Å². The van der Waals surface area contributed by atoms with Crippen molar-refractivity contribution < 1.29 is 19.3 Å². The van der Waals surface area contributed by atoms with Gasteiger partial charge in [-0.2, -0.15) is 0 Å². The maximum atomic E-state index is 11.2. The first kappa shape index (κ1) is 25.0. The van der Waals surface area contributed by atoms with Crippen molar-refractivity contribution in [3.05, 3.63) is 88.1 Å². The van der Waals surface area contributed by atoms with Crippen molar-refractivity contribution in [1.82, 2.24) is 4.98 Å². The molecule has 36 heavy (non-hydrogen) atoms. The first-order valence-corrected chi connectivity index (χ1v) is 13.1. The molecule has 6 nitrogen and oxygen atoms in total. The standard InChI is InChI=1S/C29H33ClN2O4/c1-20-7-2-3-8-24(20)28(33)21-11-12-26(22(17-21)19-35-27-10-4-5-16-34-27)32-15-13-23(18-32)36-29-25(30)9-6-14-31-29/h2-3,6-9,11-12,14,17,23,27-28,33H,4-5,10,13,15-16,18-19H2,1H3/t23-,27?,28?/m0/s1. The van der Waals surface area contributed by atoms with Crippen molar-refractivity contribution in [1.29, 1.82) is 0 Å². The molecule has 0 saturated carbocycles. The third kappa shape index (κ3) is 5.84. The van der Waals surface area contributed by atoms with E-state index in [1.54, 1.807) is 18.3 Å². The van der Waals surface area contributed by atoms with Gasteiger partial charge >= 0.3 is 0 Å². The van der Waals surface area contributed by atoms with E-state index in [0.29, 0.717) is 17.5 Å². The zero-order valence-corrected chi connectivity index (χ0v) is 21.4. The second kappa shape index (κ2) is 11.6. The lowest BCUT2D eigenvalue weighted by Gasteiger charge is -2.26. The number of ether oxygens (including phenoxy) is 3. The first-order chi connectivity index (χ1) is 17.6. The molecule has 0 bridgehead atoms. The summed E-state index contributed by atoms with van der Waals surface area (Å²) in [5.74, 6) is 0.473. The Bertz CT molecular complexity index is 1170. The lowest BCUT2D eigenvalue weighted by Crippen LogP contribution is -2.26. The number of pyridine rings is 1. The van der Waals surface area contributed by atoms with Gasteiger partial charge in [0.15, 0.2) is 6.29 Å². The van der Waals surface area contributed by atoms with Gasteiger partial charge in [0.1, 0.15) is 17.2 Å². The molecule has 0 radical (unpaired) electrons. The Hall–Kier alpha value is -2.64. The minimum absolute atomic E-state index is 0.00918. The maximum absolute atomic E-state index is 11.2. The summed E-state index contributed by atoms with van der Waals surface area (Å²) in [7, 11) is 0. The number of hydrogen-bond donors (Lipinski definition) is 1. The molecule has 2 unspecified atom stereocenters. The molecule has 2 aromatic carbocycles. The Morgan fingerprint density at radius 1 is 1.14 bits per heavy atom. The first-order valence-electron chi connectivity index (χ1n) is 12.7. The fourth-order valence-corrected chi connectivity index (χ4v) is 5.12. The quantitative estimate of drug-likeness (QED) is 0.413. The molecular formula is C29H33ClN2O4. The van der Waals surface area contributed by atoms with Gasteiger partial charge in [0.05, 0.1) is 13.2 Å². The normalized spacial score (nSPS) is 20.9. The maximum Gasteiger partial charge on any atom is 0.232 e. The third-order valence-electron chi connectivity index (χ3n) is 6.95. The largest absolute Gasteiger partial charge is 0.471 e. The van der Waals surface area contributed by atoms with Gasteiger partial charge in [-0.05, 0) is 67.1 Å². The molecule has 2 aliphatic rings. The van der Waals surface area contributed by atoms with Gasteiger partial charge in [-0.1, -0.05) is 41.9 Å². The second-order valence-electron chi connectivity index (χ2n) is 9.52. The van der Waals surface area contributed by atoms with E-state index in [0.717, 1.165) is 73.3 Å². The number of aromatic nitrogens is 1. The van der Waals surface area contributed by atoms with E-state index in [1.165, 1.54) is 0 Å². The van der Waals surface area contributed by atoms with Crippen molar-refractivity contribution in [3.8, 4) is 5.88 Å². The number of rotatable bonds is 8. The van der Waals surface area contributed by atoms with Crippen LogP contribution in [0.5, 0.6) is 5.88 Å². The number of nitrogens with zero attached hydrogens (tertiary/aromatic N) is 2. The van der Waals surface area contributed by atoms with Crippen LogP contribution in [0, 0.1) is 6.92 Å². The topological polar surface area (TPSA) is 64.1 Å². The van der Waals surface area contributed by atoms with Crippen LogP contribution in [0.2, 0.25) is 5.02 Å². The van der Waals surface area contributed by atoms with E-state index in [1.807, 2.05) is 37.3 Å². The molecule has 0 aliphatic carbocycles. The summed E-state index contributed by atoms with van der Waals surface area (Å²) in [6, 6.07) is 17.7. The van der Waals surface area contributed by atoms with Gasteiger partial charge in [0, 0.05) is 37.0 Å². The number of benzene rings is 2. The monoisotopic (exact) mass is 508 g/mol. The molecule has 0 amide bonds. The van der Waals surface area contributed by atoms with Crippen LogP contribution in [-0.2, 0) is 16.1 Å². The number of aliphatic hydroxyl groups excluding tert-OH is 1. The van der Waals surface area contributed by atoms with Gasteiger partial charge in [0.25, 0.3) is 0 Å². The zero-order valence-electron chi connectivity index (χ0n) is 20.6. The van der Waals surface area contributed by atoms with Crippen molar-refractivity contribution in [2.45, 2.75) is 57.7 Å². The van der Waals surface area contributed by atoms with Gasteiger partial charge in [-0.3, -0.25) is 0 Å². The lowest BCUT2D eigenvalue weighted by molar-refractivity contribution is -0.168. The molecule has 7 heteroatoms. The fourth-order valence-electron chi connectivity index (χ4n) is 4.96. The molecule has 2 aliphatic heterocycles. The van der Waals surface area contributed by atoms with Gasteiger partial charge < -0.3 is 24.2 Å². The third-order valence-corrected chi connectivity index (χ3v) is 7.24. The summed E-state index contributed by atoms with van der Waals surface area (Å²) in [4.78, 5) is 6.58. The predicted molar refractivity (Wildman–Crippen MR) is 141 cm³/mol. The van der Waals surface area contributed by atoms with E-state index < -0.39 is 6.10 Å². The van der Waals surface area contributed by atoms with Gasteiger partial charge in [-0.25, -0.2) is 4.98 Å². The highest BCUT2D eigenvalue weighted by molar-refractivity contribution is 6.31. The fraction of sp³-hybridized carbons (Fsp3) is 0.414. The Labute approximate surface area is 217 Å². The Morgan fingerprint density at radius 2 is 2.03 bits per heavy atom. The summed E-state index contributed by atoms with van der Waals surface area (Å²) in [5, 5.41) is 11.7. The summed E-state index contributed by atoms with van der Waals surface area (Å²) in [6.45, 7) is 4.75. The smallest absolute Gasteiger partial charge is 0.232 e. The highest BCUT2D eigenvalue weighted by Gasteiger charge is 2.28. The van der Waals surface area contributed by atoms with Crippen LogP contribution in [0.15, 0.2) is 60.8 Å². The molecule has 1 aromatic heterocycles. The average molecular weight is 509 g/mol. The SMILES string of the molecule is Cc1ccccc1C(O)c1ccc(N2CC[C@H](Oc3ncccc3Cl)C2)c(COC2CCCCO2)c1. The van der Waals surface area contributed by atoms with Crippen LogP contribution in [0.1, 0.15) is 54.0 Å². The van der Waals surface area contributed by atoms with E-state index in [4.69, 9.17) is 25.8 Å². The van der Waals surface area contributed by atoms with E-state index in [9.17, 15) is 5.11 Å². The molecule has 5 rings (SSSR count). The predicted octanol–water partition coefficient (Wildman–Crippen LogP) is 5.83. The van der Waals surface area contributed by atoms with E-state index in [-0.39, 0.29) is 12.4 Å². The number of aryl methyl sites for hydroxylation is 1. The van der Waals surface area contributed by atoms with E-state index in [2.05, 4.69) is 22.0 Å². The summed E-state index contributed by atoms with van der Waals surface area (Å²) in [6.07, 6.45) is 4.77. The Balaban J connectivity index is 1.36. The van der Waals surface area contributed by atoms with Crippen LogP contribution in [0.25, 0.3) is 0 Å². The Kier molecular flexibility index (Phi) is 8.07. The molecule has 3 aromatic rings. The molecule has 190 valence electrons. The number of anilines is 1. The highest BCUT2D eigenvalue weighted by Crippen LogP contribution is 2.33. The van der Waals surface area contributed by atoms with Crippen molar-refractivity contribution in [2.75, 3.05) is 24.6 Å². The molecule has 1 N–H and O–H groups in total. The minimum Gasteiger partial charge on any atom is -0.471 e. The molecule has 2 fully saturated rings. The summed E-state index contributed by atoms with van der Waals surface area (Å²) >= 11 is 6.25. The van der Waals surface area contributed by atoms with E-state index >= 15 is 0 Å². The zero-order chi connectivity index (χ0) is 24.9. The van der Waals surface area contributed by atoms with Crippen molar-refractivity contribution in [3.63, 3.8) is 0 Å². The number of halogens is 1. The van der Waals surface area contributed by atoms with Gasteiger partial charge in [0.2, 0.25) is 5.88 Å². The average Bonchev–Trinajstić information content (AvgIpc) is 3.37. The summed E-state index contributed by atoms with van der Waals surface area (Å²) in [5.41, 5.74) is 4.95. The molecule has 2 saturated heterocycles. The lowest BCUT2D eigenvalue weighted by atomic mass is 9.95. The highest BCUT2D eigenvalue weighted by atomic mass is 35.5. The molecule has 3 heterocycles.